The number of hydrogen-bond donors (Lipinski definition) is 0. The second kappa shape index (κ2) is 11.5. The molecule has 0 fully saturated rings. The van der Waals surface area contributed by atoms with Gasteiger partial charge in [-0.25, -0.2) is 0 Å². The van der Waals surface area contributed by atoms with E-state index >= 15 is 0 Å². The zero-order valence-electron chi connectivity index (χ0n) is 27.6. The summed E-state index contributed by atoms with van der Waals surface area (Å²) < 4.78 is 14.1. The Morgan fingerprint density at radius 1 is 0.525 bits per heavy atom. The average Bonchev–Trinajstić information content (AvgIpc) is 2.81. The molecule has 0 N–H and O–H groups in total. The van der Waals surface area contributed by atoms with Crippen molar-refractivity contribution in [2.45, 2.75) is 125 Å². The van der Waals surface area contributed by atoms with Crippen molar-refractivity contribution in [3.63, 3.8) is 0 Å². The van der Waals surface area contributed by atoms with Gasteiger partial charge >= 0.3 is 8.38 Å². The minimum atomic E-state index is -1.46. The van der Waals surface area contributed by atoms with Crippen LogP contribution in [0.15, 0.2) is 60.7 Å². The van der Waals surface area contributed by atoms with E-state index in [0.29, 0.717) is 5.92 Å². The number of benzene rings is 3. The first kappa shape index (κ1) is 32.2. The average molecular weight is 561 g/mol. The van der Waals surface area contributed by atoms with E-state index in [9.17, 15) is 0 Å². The molecule has 0 aromatic heterocycles. The molecule has 0 radical (unpaired) electrons. The number of hydrogen-bond acceptors (Lipinski definition) is 2. The molecule has 0 saturated heterocycles. The van der Waals surface area contributed by atoms with Crippen LogP contribution in [-0.2, 0) is 21.7 Å². The molecule has 0 atom stereocenters. The normalized spacial score (nSPS) is 13.2. The van der Waals surface area contributed by atoms with Gasteiger partial charge in [-0.2, -0.15) is 0 Å². The standard InChI is InChI=1S/C37H53O2P/c1-25(2)28-17-15-16-18-33(28)40(38-31-21-19-26(34(3,4)5)23-29(31)36(9,10)11)39-32-22-20-27(35(6,7)8)24-30(32)37(12,13)14/h15-25H,1-14H3. The molecule has 3 aromatic rings. The third kappa shape index (κ3) is 7.70. The maximum atomic E-state index is 7.03. The van der Waals surface area contributed by atoms with Crippen LogP contribution in [0.1, 0.15) is 131 Å². The highest BCUT2D eigenvalue weighted by Gasteiger charge is 2.31. The fraction of sp³-hybridized carbons (Fsp3) is 0.514. The van der Waals surface area contributed by atoms with Crippen LogP contribution in [-0.4, -0.2) is 0 Å². The minimum absolute atomic E-state index is 0.0560. The lowest BCUT2D eigenvalue weighted by atomic mass is 9.80. The molecule has 40 heavy (non-hydrogen) atoms. The molecule has 3 rings (SSSR count). The highest BCUT2D eigenvalue weighted by molar-refractivity contribution is 7.56. The van der Waals surface area contributed by atoms with Gasteiger partial charge in [-0.05, 0) is 62.5 Å². The third-order valence-electron chi connectivity index (χ3n) is 7.43. The smallest absolute Gasteiger partial charge is 0.326 e. The van der Waals surface area contributed by atoms with E-state index in [2.05, 4.69) is 158 Å². The molecule has 0 aliphatic rings. The Balaban J connectivity index is 2.22. The maximum absolute atomic E-state index is 7.03. The van der Waals surface area contributed by atoms with Gasteiger partial charge in [-0.3, -0.25) is 0 Å². The van der Waals surface area contributed by atoms with Crippen molar-refractivity contribution >= 4 is 13.7 Å². The van der Waals surface area contributed by atoms with Crippen LogP contribution in [0, 0.1) is 0 Å². The molecular formula is C37H53O2P. The molecule has 3 aromatic carbocycles. The van der Waals surface area contributed by atoms with Crippen molar-refractivity contribution in [2.24, 2.45) is 0 Å². The summed E-state index contributed by atoms with van der Waals surface area (Å²) in [5.41, 5.74) is 6.24. The van der Waals surface area contributed by atoms with Crippen molar-refractivity contribution in [1.29, 1.82) is 0 Å². The zero-order valence-corrected chi connectivity index (χ0v) is 28.5. The maximum Gasteiger partial charge on any atom is 0.326 e. The Bertz CT molecular complexity index is 1230. The predicted octanol–water partition coefficient (Wildman–Crippen LogP) is 11.1. The van der Waals surface area contributed by atoms with Gasteiger partial charge in [0.1, 0.15) is 11.5 Å². The predicted molar refractivity (Wildman–Crippen MR) is 176 cm³/mol. The molecule has 0 unspecified atom stereocenters. The summed E-state index contributed by atoms with van der Waals surface area (Å²) in [6, 6.07) is 22.0. The minimum Gasteiger partial charge on any atom is -0.435 e. The van der Waals surface area contributed by atoms with Gasteiger partial charge in [0, 0.05) is 11.1 Å². The van der Waals surface area contributed by atoms with E-state index in [1.165, 1.54) is 27.8 Å². The van der Waals surface area contributed by atoms with E-state index < -0.39 is 8.38 Å². The van der Waals surface area contributed by atoms with Crippen molar-refractivity contribution in [3.05, 3.63) is 88.5 Å². The second-order valence-electron chi connectivity index (χ2n) is 15.6. The first-order valence-electron chi connectivity index (χ1n) is 14.7. The summed E-state index contributed by atoms with van der Waals surface area (Å²) >= 11 is 0. The van der Waals surface area contributed by atoms with Gasteiger partial charge in [0.15, 0.2) is 0 Å². The first-order chi connectivity index (χ1) is 18.2. The molecule has 0 bridgehead atoms. The molecule has 2 nitrogen and oxygen atoms in total. The highest BCUT2D eigenvalue weighted by Crippen LogP contribution is 2.48. The van der Waals surface area contributed by atoms with E-state index in [4.69, 9.17) is 9.05 Å². The summed E-state index contributed by atoms with van der Waals surface area (Å²) in [7, 11) is -1.46. The Morgan fingerprint density at radius 2 is 0.925 bits per heavy atom. The van der Waals surface area contributed by atoms with E-state index in [0.717, 1.165) is 16.8 Å². The largest absolute Gasteiger partial charge is 0.435 e. The van der Waals surface area contributed by atoms with Gasteiger partial charge in [0.25, 0.3) is 0 Å². The zero-order chi connectivity index (χ0) is 30.3. The van der Waals surface area contributed by atoms with Crippen LogP contribution in [0.2, 0.25) is 0 Å². The lowest BCUT2D eigenvalue weighted by Crippen LogP contribution is -2.21. The second-order valence-corrected chi connectivity index (χ2v) is 16.9. The summed E-state index contributed by atoms with van der Waals surface area (Å²) in [6.07, 6.45) is 0. The fourth-order valence-corrected chi connectivity index (χ4v) is 6.42. The monoisotopic (exact) mass is 560 g/mol. The summed E-state index contributed by atoms with van der Waals surface area (Å²) in [4.78, 5) is 0. The van der Waals surface area contributed by atoms with Crippen LogP contribution in [0.5, 0.6) is 11.5 Å². The molecule has 0 heterocycles. The van der Waals surface area contributed by atoms with E-state index in [1.807, 2.05) is 0 Å². The summed E-state index contributed by atoms with van der Waals surface area (Å²) in [6.45, 7) is 31.6. The molecule has 0 amide bonds. The van der Waals surface area contributed by atoms with Gasteiger partial charge < -0.3 is 9.05 Å². The number of rotatable bonds is 6. The van der Waals surface area contributed by atoms with Crippen LogP contribution < -0.4 is 14.4 Å². The van der Waals surface area contributed by atoms with Crippen molar-refractivity contribution < 1.29 is 9.05 Å². The van der Waals surface area contributed by atoms with Crippen LogP contribution in [0.3, 0.4) is 0 Å². The molecule has 0 aliphatic carbocycles. The molecule has 3 heteroatoms. The topological polar surface area (TPSA) is 18.5 Å². The van der Waals surface area contributed by atoms with E-state index in [1.54, 1.807) is 0 Å². The van der Waals surface area contributed by atoms with Gasteiger partial charge in [-0.15, -0.1) is 0 Å². The fourth-order valence-electron chi connectivity index (χ4n) is 4.76. The van der Waals surface area contributed by atoms with Crippen molar-refractivity contribution in [3.8, 4) is 11.5 Å². The Morgan fingerprint density at radius 3 is 1.27 bits per heavy atom. The van der Waals surface area contributed by atoms with Gasteiger partial charge in [0.2, 0.25) is 0 Å². The molecule has 0 saturated carbocycles. The SMILES string of the molecule is CC(C)c1ccccc1P(Oc1ccc(C(C)(C)C)cc1C(C)(C)C)Oc1ccc(C(C)(C)C)cc1C(C)(C)C. The van der Waals surface area contributed by atoms with Crippen LogP contribution >= 0.6 is 8.38 Å². The molecule has 0 aliphatic heterocycles. The van der Waals surface area contributed by atoms with Gasteiger partial charge in [-0.1, -0.05) is 139 Å². The highest BCUT2D eigenvalue weighted by atomic mass is 31.2. The quantitative estimate of drug-likeness (QED) is 0.279. The van der Waals surface area contributed by atoms with Crippen LogP contribution in [0.25, 0.3) is 0 Å². The Kier molecular flexibility index (Phi) is 9.28. The lowest BCUT2D eigenvalue weighted by molar-refractivity contribution is 0.466. The third-order valence-corrected chi connectivity index (χ3v) is 8.95. The van der Waals surface area contributed by atoms with Crippen molar-refractivity contribution in [1.82, 2.24) is 0 Å². The summed E-state index contributed by atoms with van der Waals surface area (Å²) in [5.74, 6) is 2.15. The molecule has 218 valence electrons. The first-order valence-corrected chi connectivity index (χ1v) is 15.9. The van der Waals surface area contributed by atoms with Crippen LogP contribution in [0.4, 0.5) is 0 Å². The van der Waals surface area contributed by atoms with E-state index in [-0.39, 0.29) is 21.7 Å². The molecule has 0 spiro atoms. The Labute approximate surface area is 246 Å². The Hall–Kier alpha value is -2.31. The van der Waals surface area contributed by atoms with Gasteiger partial charge in [0.05, 0.1) is 5.30 Å². The molecular weight excluding hydrogens is 507 g/mol. The summed E-state index contributed by atoms with van der Waals surface area (Å²) in [5, 5.41) is 1.13. The lowest BCUT2D eigenvalue weighted by Gasteiger charge is -2.31. The van der Waals surface area contributed by atoms with Crippen molar-refractivity contribution in [2.75, 3.05) is 0 Å².